The summed E-state index contributed by atoms with van der Waals surface area (Å²) in [5, 5.41) is 12.0. The number of aromatic nitrogens is 2. The quantitative estimate of drug-likeness (QED) is 0.267. The molecule has 1 heterocycles. The van der Waals surface area contributed by atoms with Crippen LogP contribution in [0.2, 0.25) is 0 Å². The van der Waals surface area contributed by atoms with Crippen LogP contribution in [0.3, 0.4) is 0 Å². The molecule has 1 aliphatic rings. The van der Waals surface area contributed by atoms with Gasteiger partial charge in [-0.1, -0.05) is 12.8 Å². The molecule has 41 heavy (non-hydrogen) atoms. The maximum absolute atomic E-state index is 13.1. The Morgan fingerprint density at radius 2 is 1.76 bits per heavy atom. The van der Waals surface area contributed by atoms with Gasteiger partial charge >= 0.3 is 0 Å². The molecule has 1 aliphatic carbocycles. The third-order valence-electron chi connectivity index (χ3n) is 7.58. The van der Waals surface area contributed by atoms with E-state index in [0.717, 1.165) is 29.8 Å². The first kappa shape index (κ1) is 27.7. The molecule has 1 fully saturated rings. The van der Waals surface area contributed by atoms with Gasteiger partial charge in [-0.15, -0.1) is 0 Å². The minimum absolute atomic E-state index is 0.0953. The fraction of sp³-hybridized carbons (Fsp3) is 0.312. The number of nitrogens with zero attached hydrogens (tertiary/aromatic N) is 4. The third-order valence-corrected chi connectivity index (χ3v) is 7.58. The smallest absolute Gasteiger partial charge is 0.257 e. The second-order valence-electron chi connectivity index (χ2n) is 10.2. The minimum Gasteiger partial charge on any atom is -0.497 e. The van der Waals surface area contributed by atoms with E-state index < -0.39 is 0 Å². The lowest BCUT2D eigenvalue weighted by Crippen LogP contribution is -2.27. The van der Waals surface area contributed by atoms with Crippen LogP contribution in [0.4, 0.5) is 11.6 Å². The largest absolute Gasteiger partial charge is 0.497 e. The molecule has 1 aromatic heterocycles. The van der Waals surface area contributed by atoms with Crippen molar-refractivity contribution in [1.29, 1.82) is 5.26 Å². The van der Waals surface area contributed by atoms with Crippen molar-refractivity contribution in [2.45, 2.75) is 38.6 Å². The first-order valence-corrected chi connectivity index (χ1v) is 13.8. The number of methoxy groups -OCH3 is 1. The van der Waals surface area contributed by atoms with Gasteiger partial charge in [-0.2, -0.15) is 5.26 Å². The van der Waals surface area contributed by atoms with E-state index in [0.29, 0.717) is 53.8 Å². The van der Waals surface area contributed by atoms with Gasteiger partial charge in [0.15, 0.2) is 0 Å². The molecule has 0 spiro atoms. The Kier molecular flexibility index (Phi) is 8.49. The van der Waals surface area contributed by atoms with Crippen LogP contribution in [0, 0.1) is 17.2 Å². The summed E-state index contributed by atoms with van der Waals surface area (Å²) in [5.74, 6) is 2.02. The van der Waals surface area contributed by atoms with E-state index in [1.54, 1.807) is 43.3 Å². The van der Waals surface area contributed by atoms with Crippen molar-refractivity contribution in [3.63, 3.8) is 0 Å². The average molecular weight is 552 g/mol. The Bertz CT molecular complexity index is 1560. The summed E-state index contributed by atoms with van der Waals surface area (Å²) < 4.78 is 13.1. The maximum atomic E-state index is 13.1. The van der Waals surface area contributed by atoms with E-state index in [2.05, 4.69) is 11.4 Å². The predicted molar refractivity (Wildman–Crippen MR) is 157 cm³/mol. The van der Waals surface area contributed by atoms with Gasteiger partial charge in [0.2, 0.25) is 11.9 Å². The molecule has 210 valence electrons. The van der Waals surface area contributed by atoms with Crippen molar-refractivity contribution in [2.75, 3.05) is 31.0 Å². The number of anilines is 2. The highest BCUT2D eigenvalue weighted by atomic mass is 16.5. The Balaban J connectivity index is 1.38. The zero-order valence-corrected chi connectivity index (χ0v) is 23.3. The SMILES string of the molecule is COc1ccc(OCCn2c(NC(=O)c3ccc(C#N)cc3)nc3cc(N(C)C(=O)CC4CCCC4)ccc32)cc1. The first-order valence-electron chi connectivity index (χ1n) is 13.8. The number of imidazole rings is 1. The number of carbonyl (C=O) groups is 2. The van der Waals surface area contributed by atoms with Gasteiger partial charge in [-0.25, -0.2) is 4.98 Å². The van der Waals surface area contributed by atoms with Gasteiger partial charge in [-0.05, 0) is 85.5 Å². The zero-order chi connectivity index (χ0) is 28.8. The van der Waals surface area contributed by atoms with Crippen LogP contribution in [0.25, 0.3) is 11.0 Å². The van der Waals surface area contributed by atoms with Crippen LogP contribution in [0.15, 0.2) is 66.7 Å². The van der Waals surface area contributed by atoms with Crippen LogP contribution in [0.5, 0.6) is 11.5 Å². The lowest BCUT2D eigenvalue weighted by atomic mass is 10.0. The lowest BCUT2D eigenvalue weighted by Gasteiger charge is -2.19. The van der Waals surface area contributed by atoms with Gasteiger partial charge in [0.25, 0.3) is 5.91 Å². The number of amides is 2. The molecular formula is C32H33N5O4. The lowest BCUT2D eigenvalue weighted by molar-refractivity contribution is -0.119. The zero-order valence-electron chi connectivity index (χ0n) is 23.3. The van der Waals surface area contributed by atoms with Gasteiger partial charge in [-0.3, -0.25) is 14.9 Å². The fourth-order valence-corrected chi connectivity index (χ4v) is 5.19. The molecule has 9 heteroatoms. The normalized spacial score (nSPS) is 13.1. The van der Waals surface area contributed by atoms with E-state index in [1.165, 1.54) is 12.8 Å². The van der Waals surface area contributed by atoms with Crippen molar-refractivity contribution in [1.82, 2.24) is 9.55 Å². The van der Waals surface area contributed by atoms with E-state index in [-0.39, 0.29) is 11.8 Å². The van der Waals surface area contributed by atoms with E-state index >= 15 is 0 Å². The van der Waals surface area contributed by atoms with Crippen LogP contribution in [-0.2, 0) is 11.3 Å². The van der Waals surface area contributed by atoms with E-state index in [1.807, 2.05) is 47.0 Å². The Morgan fingerprint density at radius 1 is 1.05 bits per heavy atom. The number of hydrogen-bond acceptors (Lipinski definition) is 6. The Morgan fingerprint density at radius 3 is 2.44 bits per heavy atom. The highest BCUT2D eigenvalue weighted by Crippen LogP contribution is 2.30. The number of nitriles is 1. The van der Waals surface area contributed by atoms with Crippen molar-refractivity contribution < 1.29 is 19.1 Å². The molecule has 9 nitrogen and oxygen atoms in total. The fourth-order valence-electron chi connectivity index (χ4n) is 5.19. The van der Waals surface area contributed by atoms with E-state index in [9.17, 15) is 9.59 Å². The summed E-state index contributed by atoms with van der Waals surface area (Å²) >= 11 is 0. The minimum atomic E-state index is -0.341. The second-order valence-corrected chi connectivity index (χ2v) is 10.2. The van der Waals surface area contributed by atoms with Gasteiger partial charge in [0.1, 0.15) is 18.1 Å². The van der Waals surface area contributed by atoms with Crippen LogP contribution < -0.4 is 19.7 Å². The topological polar surface area (TPSA) is 109 Å². The molecule has 0 saturated heterocycles. The van der Waals surface area contributed by atoms with Gasteiger partial charge < -0.3 is 18.9 Å². The van der Waals surface area contributed by atoms with Crippen LogP contribution in [0.1, 0.15) is 48.0 Å². The number of rotatable bonds is 10. The predicted octanol–water partition coefficient (Wildman–Crippen LogP) is 5.79. The molecule has 3 aromatic carbocycles. The summed E-state index contributed by atoms with van der Waals surface area (Å²) in [4.78, 5) is 32.5. The summed E-state index contributed by atoms with van der Waals surface area (Å²) in [7, 11) is 3.41. The summed E-state index contributed by atoms with van der Waals surface area (Å²) in [6.07, 6.45) is 5.18. The average Bonchev–Trinajstić information content (AvgIpc) is 3.64. The number of nitrogens with one attached hydrogen (secondary N) is 1. The molecule has 0 aliphatic heterocycles. The molecule has 1 saturated carbocycles. The first-order chi connectivity index (χ1) is 19.9. The summed E-state index contributed by atoms with van der Waals surface area (Å²) in [6.45, 7) is 0.750. The number of ether oxygens (including phenoxy) is 2. The van der Waals surface area contributed by atoms with Crippen LogP contribution >= 0.6 is 0 Å². The molecule has 0 atom stereocenters. The molecular weight excluding hydrogens is 518 g/mol. The van der Waals surface area contributed by atoms with Crippen molar-refractivity contribution in [2.24, 2.45) is 5.92 Å². The van der Waals surface area contributed by atoms with Gasteiger partial charge in [0, 0.05) is 24.7 Å². The Hall–Kier alpha value is -4.84. The second kappa shape index (κ2) is 12.6. The van der Waals surface area contributed by atoms with E-state index in [4.69, 9.17) is 19.7 Å². The molecule has 5 rings (SSSR count). The van der Waals surface area contributed by atoms with Crippen molar-refractivity contribution in [3.05, 3.63) is 77.9 Å². The highest BCUT2D eigenvalue weighted by molar-refractivity contribution is 6.04. The van der Waals surface area contributed by atoms with Crippen molar-refractivity contribution >= 4 is 34.5 Å². The molecule has 4 aromatic rings. The van der Waals surface area contributed by atoms with Crippen molar-refractivity contribution in [3.8, 4) is 17.6 Å². The molecule has 0 radical (unpaired) electrons. The molecule has 0 bridgehead atoms. The summed E-state index contributed by atoms with van der Waals surface area (Å²) in [5.41, 5.74) is 3.10. The molecule has 2 amide bonds. The summed E-state index contributed by atoms with van der Waals surface area (Å²) in [6, 6.07) is 21.5. The molecule has 0 unspecified atom stereocenters. The third kappa shape index (κ3) is 6.49. The number of benzene rings is 3. The monoisotopic (exact) mass is 551 g/mol. The maximum Gasteiger partial charge on any atom is 0.257 e. The number of fused-ring (bicyclic) bond motifs is 1. The van der Waals surface area contributed by atoms with Gasteiger partial charge in [0.05, 0.1) is 36.3 Å². The Labute approximate surface area is 239 Å². The number of carbonyl (C=O) groups excluding carboxylic acids is 2. The van der Waals surface area contributed by atoms with Crippen LogP contribution in [-0.4, -0.2) is 42.1 Å². The molecule has 1 N–H and O–H groups in total. The standard InChI is InChI=1S/C32H33N5O4/c1-36(30(38)19-22-5-3-4-6-22)25-11-16-29-28(20-25)34-32(35-31(39)24-9-7-23(21-33)8-10-24)37(29)17-18-41-27-14-12-26(40-2)13-15-27/h7-16,20,22H,3-6,17-19H2,1-2H3,(H,34,35,39). The highest BCUT2D eigenvalue weighted by Gasteiger charge is 2.22. The number of hydrogen-bond donors (Lipinski definition) is 1.